The molecule has 0 aliphatic heterocycles. The van der Waals surface area contributed by atoms with E-state index in [2.05, 4.69) is 214 Å². The zero-order valence-corrected chi connectivity index (χ0v) is 45.4. The van der Waals surface area contributed by atoms with Gasteiger partial charge >= 0.3 is 0 Å². The molecule has 382 valence electrons. The highest BCUT2D eigenvalue weighted by Gasteiger charge is 2.38. The van der Waals surface area contributed by atoms with Crippen LogP contribution in [0.1, 0.15) is 72.3 Å². The summed E-state index contributed by atoms with van der Waals surface area (Å²) in [6, 6.07) is 73.6. The van der Waals surface area contributed by atoms with Crippen molar-refractivity contribution < 1.29 is 8.83 Å². The number of benzene rings is 10. The first-order valence-electron chi connectivity index (χ1n) is 27.6. The lowest BCUT2D eigenvalue weighted by Gasteiger charge is -2.22. The number of aromatic nitrogens is 2. The van der Waals surface area contributed by atoms with E-state index in [0.29, 0.717) is 22.5 Å². The van der Waals surface area contributed by atoms with E-state index in [0.717, 1.165) is 121 Å². The van der Waals surface area contributed by atoms with Crippen LogP contribution in [0.4, 0.5) is 0 Å². The minimum Gasteiger partial charge on any atom is -0.456 e. The Morgan fingerprint density at radius 3 is 1.49 bits per heavy atom. The van der Waals surface area contributed by atoms with Gasteiger partial charge in [-0.25, -0.2) is 0 Å². The SMILES string of the molecule is C=C1/C(=C\c2c(C)n(-c3cc(C#N)c(-n4c5ccc(-c6ccc7oc8ccccc8c7c6)cc5c5cc6c(cc54)C(C)(C)c4ccccc4-6)cc3C#N)c3ccc(-c4ccc5oc6ccccc6c5c4)cc23)c2ccccc2C1(C)C. The number of rotatable bonds is 5. The Kier molecular flexibility index (Phi) is 9.55. The lowest BCUT2D eigenvalue weighted by atomic mass is 9.82. The molecule has 0 radical (unpaired) electrons. The minimum atomic E-state index is -0.280. The van der Waals surface area contributed by atoms with Gasteiger partial charge in [0.05, 0.1) is 39.1 Å². The van der Waals surface area contributed by atoms with Crippen molar-refractivity contribution in [2.24, 2.45) is 0 Å². The predicted octanol–water partition coefficient (Wildman–Crippen LogP) is 19.6. The van der Waals surface area contributed by atoms with Gasteiger partial charge in [0.25, 0.3) is 0 Å². The molecule has 0 spiro atoms. The molecule has 2 aliphatic carbocycles. The third-order valence-corrected chi connectivity index (χ3v) is 18.2. The number of hydrogen-bond donors (Lipinski definition) is 0. The van der Waals surface area contributed by atoms with Gasteiger partial charge in [-0.3, -0.25) is 0 Å². The van der Waals surface area contributed by atoms with Crippen molar-refractivity contribution in [3.8, 4) is 56.9 Å². The second kappa shape index (κ2) is 16.6. The van der Waals surface area contributed by atoms with Crippen LogP contribution in [-0.4, -0.2) is 9.13 Å². The molecule has 0 bridgehead atoms. The van der Waals surface area contributed by atoms with Crippen LogP contribution in [0.2, 0.25) is 0 Å². The molecule has 6 heteroatoms. The Bertz CT molecular complexity index is 5300. The summed E-state index contributed by atoms with van der Waals surface area (Å²) in [5.74, 6) is 0. The van der Waals surface area contributed by atoms with Crippen LogP contribution < -0.4 is 0 Å². The van der Waals surface area contributed by atoms with E-state index in [4.69, 9.17) is 15.4 Å². The zero-order valence-electron chi connectivity index (χ0n) is 45.4. The fraction of sp³-hybridized carbons (Fsp3) is 0.0933. The molecule has 0 amide bonds. The van der Waals surface area contributed by atoms with E-state index in [1.54, 1.807) is 0 Å². The molecular formula is C75H50N4O2. The molecule has 0 saturated carbocycles. The van der Waals surface area contributed by atoms with Crippen molar-refractivity contribution in [1.82, 2.24) is 9.13 Å². The number of fused-ring (bicyclic) bond motifs is 14. The summed E-state index contributed by atoms with van der Waals surface area (Å²) in [4.78, 5) is 0. The Morgan fingerprint density at radius 2 is 0.889 bits per heavy atom. The summed E-state index contributed by atoms with van der Waals surface area (Å²) >= 11 is 0. The van der Waals surface area contributed by atoms with Gasteiger partial charge in [0.2, 0.25) is 0 Å². The molecule has 4 aromatic heterocycles. The summed E-state index contributed by atoms with van der Waals surface area (Å²) in [5, 5.41) is 30.5. The van der Waals surface area contributed by atoms with Gasteiger partial charge in [0.1, 0.15) is 34.5 Å². The van der Waals surface area contributed by atoms with Crippen LogP contribution in [0.15, 0.2) is 215 Å². The second-order valence-electron chi connectivity index (χ2n) is 23.2. The maximum Gasteiger partial charge on any atom is 0.135 e. The molecule has 14 aromatic rings. The van der Waals surface area contributed by atoms with Crippen LogP contribution in [0.25, 0.3) is 133 Å². The van der Waals surface area contributed by atoms with Crippen molar-refractivity contribution in [3.63, 3.8) is 0 Å². The van der Waals surface area contributed by atoms with Crippen LogP contribution in [0.3, 0.4) is 0 Å². The van der Waals surface area contributed by atoms with E-state index < -0.39 is 0 Å². The van der Waals surface area contributed by atoms with E-state index in [1.165, 1.54) is 33.4 Å². The van der Waals surface area contributed by atoms with E-state index in [9.17, 15) is 10.5 Å². The van der Waals surface area contributed by atoms with Gasteiger partial charge in [-0.05, 0) is 165 Å². The number of para-hydroxylation sites is 2. The fourth-order valence-corrected chi connectivity index (χ4v) is 13.9. The molecule has 2 aliphatic rings. The molecule has 0 N–H and O–H groups in total. The second-order valence-corrected chi connectivity index (χ2v) is 23.2. The molecule has 6 nitrogen and oxygen atoms in total. The van der Waals surface area contributed by atoms with Crippen molar-refractivity contribution in [1.29, 1.82) is 10.5 Å². The number of nitriles is 2. The van der Waals surface area contributed by atoms with Gasteiger partial charge in [0, 0.05) is 59.8 Å². The third-order valence-electron chi connectivity index (χ3n) is 18.2. The molecule has 0 saturated heterocycles. The average Bonchev–Trinajstić information content (AvgIpc) is 4.45. The summed E-state index contributed by atoms with van der Waals surface area (Å²) in [5.41, 5.74) is 23.6. The maximum absolute atomic E-state index is 11.5. The highest BCUT2D eigenvalue weighted by Crippen LogP contribution is 2.53. The molecule has 4 heterocycles. The predicted molar refractivity (Wildman–Crippen MR) is 331 cm³/mol. The molecule has 0 unspecified atom stereocenters. The molecule has 10 aromatic carbocycles. The fourth-order valence-electron chi connectivity index (χ4n) is 13.9. The largest absolute Gasteiger partial charge is 0.456 e. The lowest BCUT2D eigenvalue weighted by molar-refractivity contribution is 0.661. The summed E-state index contributed by atoms with van der Waals surface area (Å²) in [7, 11) is 0. The number of furan rings is 2. The smallest absolute Gasteiger partial charge is 0.135 e. The van der Waals surface area contributed by atoms with E-state index in [-0.39, 0.29) is 10.8 Å². The quantitative estimate of drug-likeness (QED) is 0.172. The Labute approximate surface area is 467 Å². The topological polar surface area (TPSA) is 83.7 Å². The molecule has 81 heavy (non-hydrogen) atoms. The number of nitrogens with zero attached hydrogens (tertiary/aromatic N) is 4. The van der Waals surface area contributed by atoms with Gasteiger partial charge in [-0.1, -0.05) is 143 Å². The van der Waals surface area contributed by atoms with Crippen molar-refractivity contribution in [2.45, 2.75) is 45.4 Å². The molecular weight excluding hydrogens is 989 g/mol. The zero-order chi connectivity index (χ0) is 54.8. The maximum atomic E-state index is 11.5. The first-order chi connectivity index (χ1) is 39.4. The van der Waals surface area contributed by atoms with Gasteiger partial charge in [-0.15, -0.1) is 0 Å². The van der Waals surface area contributed by atoms with Crippen molar-refractivity contribution in [2.75, 3.05) is 0 Å². The molecule has 0 atom stereocenters. The monoisotopic (exact) mass is 1040 g/mol. The highest BCUT2D eigenvalue weighted by atomic mass is 16.3. The Morgan fingerprint density at radius 1 is 0.420 bits per heavy atom. The summed E-state index contributed by atoms with van der Waals surface area (Å²) < 4.78 is 16.9. The number of allylic oxidation sites excluding steroid dienone is 2. The van der Waals surface area contributed by atoms with E-state index in [1.807, 2.05) is 42.5 Å². The molecule has 0 fully saturated rings. The summed E-state index contributed by atoms with van der Waals surface area (Å²) in [6.45, 7) is 15.9. The van der Waals surface area contributed by atoms with Crippen LogP contribution in [0.5, 0.6) is 0 Å². The van der Waals surface area contributed by atoms with Crippen molar-refractivity contribution in [3.05, 3.63) is 251 Å². The van der Waals surface area contributed by atoms with Gasteiger partial charge < -0.3 is 18.0 Å². The highest BCUT2D eigenvalue weighted by molar-refractivity contribution is 6.14. The minimum absolute atomic E-state index is 0.272. The standard InChI is InChI=1S/C75H50N4O2/c1-42-54(50-15-7-11-19-62(50)74(42,3)4)37-55-43(2)78(65-27-23-44(31-57(55)65)46-25-29-72-60(33-46)52-17-9-13-21-70(52)80-72)67-35-49(41-77)68(36-48(67)40-76)79-66-28-24-45(47-26-30-73-61(34-47)53-18-10-14-22-71(53)81-73)32-58(66)59-38-56-51-16-8-12-20-63(51)75(5,6)64(56)39-69(59)79/h7-39H,1H2,2-6H3/b54-37+. The Balaban J connectivity index is 0.920. The van der Waals surface area contributed by atoms with E-state index >= 15 is 0 Å². The normalized spacial score (nSPS) is 14.7. The first kappa shape index (κ1) is 46.7. The third kappa shape index (κ3) is 6.48. The summed E-state index contributed by atoms with van der Waals surface area (Å²) in [6.07, 6.45) is 2.30. The van der Waals surface area contributed by atoms with Crippen LogP contribution in [0, 0.1) is 29.6 Å². The first-order valence-corrected chi connectivity index (χ1v) is 27.6. The molecule has 16 rings (SSSR count). The Hall–Kier alpha value is -10.4. The lowest BCUT2D eigenvalue weighted by Crippen LogP contribution is -2.15. The number of hydrogen-bond acceptors (Lipinski definition) is 4. The van der Waals surface area contributed by atoms with Gasteiger partial charge in [0.15, 0.2) is 0 Å². The average molecular weight is 1040 g/mol. The van der Waals surface area contributed by atoms with Crippen LogP contribution in [-0.2, 0) is 10.8 Å². The van der Waals surface area contributed by atoms with Crippen LogP contribution >= 0.6 is 0 Å². The van der Waals surface area contributed by atoms with Gasteiger partial charge in [-0.2, -0.15) is 10.5 Å². The van der Waals surface area contributed by atoms with Crippen molar-refractivity contribution >= 4 is 88.2 Å².